The third-order valence-electron chi connectivity index (χ3n) is 6.18. The van der Waals surface area contributed by atoms with Crippen LogP contribution in [0.5, 0.6) is 0 Å². The van der Waals surface area contributed by atoms with Gasteiger partial charge in [0.25, 0.3) is 5.91 Å². The second kappa shape index (κ2) is 12.1. The molecule has 0 saturated heterocycles. The molecule has 0 radical (unpaired) electrons. The summed E-state index contributed by atoms with van der Waals surface area (Å²) in [5, 5.41) is 5.57. The lowest BCUT2D eigenvalue weighted by Gasteiger charge is -2.43. The number of nitrogens with one attached hydrogen (secondary N) is 2. The topological polar surface area (TPSA) is 87.7 Å². The molecule has 196 valence electrons. The van der Waals surface area contributed by atoms with Crippen LogP contribution in [0.1, 0.15) is 77.6 Å². The van der Waals surface area contributed by atoms with Crippen molar-refractivity contribution in [3.05, 3.63) is 65.2 Å². The maximum absolute atomic E-state index is 13.8. The minimum absolute atomic E-state index is 0.292. The lowest BCUT2D eigenvalue weighted by molar-refractivity contribution is -0.145. The van der Waals surface area contributed by atoms with Crippen LogP contribution in [0.15, 0.2) is 48.5 Å². The molecule has 0 aromatic heterocycles. The quantitative estimate of drug-likeness (QED) is 0.462. The van der Waals surface area contributed by atoms with Crippen LogP contribution in [0, 0.1) is 6.92 Å². The summed E-state index contributed by atoms with van der Waals surface area (Å²) in [6.45, 7) is 14.8. The maximum Gasteiger partial charge on any atom is 0.408 e. The fraction of sp³-hybridized carbons (Fsp3) is 0.483. The Balaban J connectivity index is 2.48. The number of para-hydroxylation sites is 1. The summed E-state index contributed by atoms with van der Waals surface area (Å²) in [6, 6.07) is 14.4. The average molecular weight is 496 g/mol. The molecule has 2 N–H and O–H groups in total. The number of nitrogens with zero attached hydrogens (tertiary/aromatic N) is 1. The molecule has 0 bridgehead atoms. The van der Waals surface area contributed by atoms with Gasteiger partial charge in [-0.25, -0.2) is 4.79 Å². The first-order chi connectivity index (χ1) is 16.8. The molecule has 0 spiro atoms. The predicted molar refractivity (Wildman–Crippen MR) is 144 cm³/mol. The third kappa shape index (κ3) is 7.83. The molecule has 1 unspecified atom stereocenters. The van der Waals surface area contributed by atoms with Gasteiger partial charge in [0.05, 0.1) is 0 Å². The predicted octanol–water partition coefficient (Wildman–Crippen LogP) is 5.78. The maximum atomic E-state index is 13.8. The van der Waals surface area contributed by atoms with Crippen LogP contribution < -0.4 is 10.6 Å². The molecule has 1 atom stereocenters. The van der Waals surface area contributed by atoms with Crippen LogP contribution in [0.2, 0.25) is 0 Å². The van der Waals surface area contributed by atoms with Crippen LogP contribution in [-0.4, -0.2) is 40.5 Å². The first-order valence-corrected chi connectivity index (χ1v) is 12.5. The number of amides is 3. The van der Waals surface area contributed by atoms with Gasteiger partial charge < -0.3 is 20.3 Å². The lowest BCUT2D eigenvalue weighted by Crippen LogP contribution is -2.55. The highest BCUT2D eigenvalue weighted by atomic mass is 16.6. The van der Waals surface area contributed by atoms with E-state index < -0.39 is 23.3 Å². The molecule has 0 aliphatic heterocycles. The molecular formula is C29H41N3O4. The number of alkyl carbamates (subject to hydrolysis) is 1. The van der Waals surface area contributed by atoms with E-state index in [1.54, 1.807) is 25.7 Å². The summed E-state index contributed by atoms with van der Waals surface area (Å²) in [7, 11) is 0. The van der Waals surface area contributed by atoms with Crippen molar-refractivity contribution in [2.24, 2.45) is 0 Å². The normalized spacial score (nSPS) is 12.4. The molecule has 7 nitrogen and oxygen atoms in total. The van der Waals surface area contributed by atoms with E-state index >= 15 is 0 Å². The molecule has 3 amide bonds. The van der Waals surface area contributed by atoms with Crippen molar-refractivity contribution in [1.29, 1.82) is 0 Å². The fourth-order valence-electron chi connectivity index (χ4n) is 3.82. The Bertz CT molecular complexity index is 1050. The minimum atomic E-state index is -0.904. The summed E-state index contributed by atoms with van der Waals surface area (Å²) < 4.78 is 5.29. The number of carbonyl (C=O) groups excluding carboxylic acids is 3. The first kappa shape index (κ1) is 28.9. The summed E-state index contributed by atoms with van der Waals surface area (Å²) in [5.74, 6) is -0.696. The number of aryl methyl sites for hydroxylation is 2. The Kier molecular flexibility index (Phi) is 9.68. The number of benzene rings is 2. The van der Waals surface area contributed by atoms with Crippen molar-refractivity contribution >= 4 is 23.6 Å². The molecule has 0 aliphatic rings. The van der Waals surface area contributed by atoms with Gasteiger partial charge in [-0.15, -0.1) is 0 Å². The zero-order chi connectivity index (χ0) is 27.1. The molecule has 0 heterocycles. The van der Waals surface area contributed by atoms with E-state index in [1.165, 1.54) is 0 Å². The molecule has 0 fully saturated rings. The van der Waals surface area contributed by atoms with Gasteiger partial charge in [0.1, 0.15) is 18.2 Å². The standard InChI is InChI=1S/C29H41N3O4/c1-9-21-15-17-22(18-16-21)25(26(34)31-23-14-12-11-13-20(23)3)32(29(7,8)10-2)24(33)19-30-27(35)36-28(4,5)6/h11-18,25H,9-10,19H2,1-8H3,(H,30,35)(H,31,34). The van der Waals surface area contributed by atoms with Gasteiger partial charge in [0, 0.05) is 11.2 Å². The summed E-state index contributed by atoms with van der Waals surface area (Å²) >= 11 is 0. The van der Waals surface area contributed by atoms with Gasteiger partial charge in [0.2, 0.25) is 5.91 Å². The summed E-state index contributed by atoms with van der Waals surface area (Å²) in [5.41, 5.74) is 2.08. The number of rotatable bonds is 9. The molecule has 0 saturated carbocycles. The van der Waals surface area contributed by atoms with Gasteiger partial charge >= 0.3 is 6.09 Å². The zero-order valence-electron chi connectivity index (χ0n) is 22.9. The molecule has 2 aromatic carbocycles. The van der Waals surface area contributed by atoms with Gasteiger partial charge in [-0.05, 0) is 77.1 Å². The molecule has 2 aromatic rings. The Labute approximate surface area is 215 Å². The van der Waals surface area contributed by atoms with E-state index in [9.17, 15) is 14.4 Å². The molecule has 0 aliphatic carbocycles. The highest BCUT2D eigenvalue weighted by Gasteiger charge is 2.40. The number of carbonyl (C=O) groups is 3. The van der Waals surface area contributed by atoms with E-state index in [2.05, 4.69) is 17.6 Å². The Morgan fingerprint density at radius 1 is 0.944 bits per heavy atom. The number of hydrogen-bond acceptors (Lipinski definition) is 4. The summed E-state index contributed by atoms with van der Waals surface area (Å²) in [4.78, 5) is 41.3. The van der Waals surface area contributed by atoms with Crippen molar-refractivity contribution < 1.29 is 19.1 Å². The van der Waals surface area contributed by atoms with Gasteiger partial charge in [-0.1, -0.05) is 56.3 Å². The van der Waals surface area contributed by atoms with Crippen molar-refractivity contribution in [2.75, 3.05) is 11.9 Å². The number of hydrogen-bond donors (Lipinski definition) is 2. The molecular weight excluding hydrogens is 454 g/mol. The van der Waals surface area contributed by atoms with Crippen molar-refractivity contribution in [2.45, 2.75) is 85.4 Å². The number of anilines is 1. The van der Waals surface area contributed by atoms with Crippen LogP contribution in [0.4, 0.5) is 10.5 Å². The van der Waals surface area contributed by atoms with Crippen LogP contribution in [0.25, 0.3) is 0 Å². The molecule has 7 heteroatoms. The van der Waals surface area contributed by atoms with Crippen LogP contribution >= 0.6 is 0 Å². The van der Waals surface area contributed by atoms with Gasteiger partial charge in [-0.3, -0.25) is 9.59 Å². The zero-order valence-corrected chi connectivity index (χ0v) is 22.9. The van der Waals surface area contributed by atoms with E-state index in [4.69, 9.17) is 4.74 Å². The Morgan fingerprint density at radius 3 is 2.08 bits per heavy atom. The van der Waals surface area contributed by atoms with E-state index in [-0.39, 0.29) is 18.4 Å². The highest BCUT2D eigenvalue weighted by molar-refractivity contribution is 5.99. The van der Waals surface area contributed by atoms with E-state index in [0.717, 1.165) is 17.5 Å². The van der Waals surface area contributed by atoms with E-state index in [0.29, 0.717) is 17.7 Å². The Hall–Kier alpha value is -3.35. The second-order valence-corrected chi connectivity index (χ2v) is 10.6. The second-order valence-electron chi connectivity index (χ2n) is 10.6. The smallest absolute Gasteiger partial charge is 0.408 e. The summed E-state index contributed by atoms with van der Waals surface area (Å²) in [6.07, 6.45) is 0.786. The SMILES string of the molecule is CCc1ccc(C(C(=O)Nc2ccccc2C)N(C(=O)CNC(=O)OC(C)(C)C)C(C)(C)CC)cc1. The average Bonchev–Trinajstić information content (AvgIpc) is 2.81. The van der Waals surface area contributed by atoms with Gasteiger partial charge in [-0.2, -0.15) is 0 Å². The molecule has 36 heavy (non-hydrogen) atoms. The Morgan fingerprint density at radius 2 is 1.56 bits per heavy atom. The largest absolute Gasteiger partial charge is 0.444 e. The van der Waals surface area contributed by atoms with Crippen molar-refractivity contribution in [3.63, 3.8) is 0 Å². The van der Waals surface area contributed by atoms with Gasteiger partial charge in [0.15, 0.2) is 0 Å². The number of ether oxygens (including phenoxy) is 1. The van der Waals surface area contributed by atoms with E-state index in [1.807, 2.05) is 76.2 Å². The van der Waals surface area contributed by atoms with Crippen molar-refractivity contribution in [3.8, 4) is 0 Å². The third-order valence-corrected chi connectivity index (χ3v) is 6.18. The minimum Gasteiger partial charge on any atom is -0.444 e. The van der Waals surface area contributed by atoms with Crippen LogP contribution in [0.3, 0.4) is 0 Å². The monoisotopic (exact) mass is 495 g/mol. The molecule has 2 rings (SSSR count). The van der Waals surface area contributed by atoms with Crippen LogP contribution in [-0.2, 0) is 20.7 Å². The first-order valence-electron chi connectivity index (χ1n) is 12.5. The highest BCUT2D eigenvalue weighted by Crippen LogP contribution is 2.32. The van der Waals surface area contributed by atoms with Crippen molar-refractivity contribution in [1.82, 2.24) is 10.2 Å². The fourth-order valence-corrected chi connectivity index (χ4v) is 3.82. The lowest BCUT2D eigenvalue weighted by atomic mass is 9.92.